The molecule has 0 heterocycles. The molecule has 0 saturated heterocycles. The molecule has 0 aliphatic heterocycles. The van der Waals surface area contributed by atoms with Crippen molar-refractivity contribution in [2.75, 3.05) is 6.61 Å². The zero-order chi connectivity index (χ0) is 10.8. The fourth-order valence-electron chi connectivity index (χ4n) is 1.30. The summed E-state index contributed by atoms with van der Waals surface area (Å²) in [4.78, 5) is 0. The van der Waals surface area contributed by atoms with E-state index in [1.54, 1.807) is 0 Å². The van der Waals surface area contributed by atoms with Crippen LogP contribution >= 0.6 is 31.9 Å². The van der Waals surface area contributed by atoms with Crippen molar-refractivity contribution in [3.05, 3.63) is 32.7 Å². The average molecular weight is 323 g/mol. The topological polar surface area (TPSA) is 46.2 Å². The molecular formula is C10H13Br2NO. The SMILES string of the molecule is C[C@@](N)(CCO)c1cc(Br)ccc1Br. The van der Waals surface area contributed by atoms with Crippen molar-refractivity contribution in [2.45, 2.75) is 18.9 Å². The second-order valence-electron chi connectivity index (χ2n) is 3.52. The predicted octanol–water partition coefficient (Wildman–Crippen LogP) is 2.77. The Morgan fingerprint density at radius 3 is 2.64 bits per heavy atom. The lowest BCUT2D eigenvalue weighted by Gasteiger charge is -2.25. The number of benzene rings is 1. The van der Waals surface area contributed by atoms with E-state index in [9.17, 15) is 0 Å². The summed E-state index contributed by atoms with van der Waals surface area (Å²) in [5.41, 5.74) is 6.61. The van der Waals surface area contributed by atoms with Crippen molar-refractivity contribution < 1.29 is 5.11 Å². The van der Waals surface area contributed by atoms with Crippen LogP contribution in [0.1, 0.15) is 18.9 Å². The molecule has 0 radical (unpaired) electrons. The summed E-state index contributed by atoms with van der Waals surface area (Å²) in [5, 5.41) is 8.92. The maximum Gasteiger partial charge on any atom is 0.0451 e. The first kappa shape index (κ1) is 12.2. The fourth-order valence-corrected chi connectivity index (χ4v) is 2.36. The number of aliphatic hydroxyl groups is 1. The third kappa shape index (κ3) is 2.79. The van der Waals surface area contributed by atoms with Gasteiger partial charge in [-0.2, -0.15) is 0 Å². The predicted molar refractivity (Wildman–Crippen MR) is 65.1 cm³/mol. The molecule has 0 saturated carbocycles. The summed E-state index contributed by atoms with van der Waals surface area (Å²) in [6.45, 7) is 2.00. The maximum atomic E-state index is 8.92. The van der Waals surface area contributed by atoms with Crippen LogP contribution in [0.25, 0.3) is 0 Å². The maximum absolute atomic E-state index is 8.92. The lowest BCUT2D eigenvalue weighted by molar-refractivity contribution is 0.247. The van der Waals surface area contributed by atoms with Crippen molar-refractivity contribution in [1.82, 2.24) is 0 Å². The number of hydrogen-bond donors (Lipinski definition) is 2. The molecule has 0 aliphatic carbocycles. The number of nitrogens with two attached hydrogens (primary N) is 1. The van der Waals surface area contributed by atoms with E-state index >= 15 is 0 Å². The molecule has 0 amide bonds. The third-order valence-corrected chi connectivity index (χ3v) is 3.36. The van der Waals surface area contributed by atoms with Gasteiger partial charge in [0.1, 0.15) is 0 Å². The molecule has 0 spiro atoms. The summed E-state index contributed by atoms with van der Waals surface area (Å²) < 4.78 is 1.96. The van der Waals surface area contributed by atoms with Gasteiger partial charge >= 0.3 is 0 Å². The van der Waals surface area contributed by atoms with E-state index in [2.05, 4.69) is 31.9 Å². The van der Waals surface area contributed by atoms with Gasteiger partial charge in [0, 0.05) is 21.1 Å². The molecule has 0 aliphatic rings. The Balaban J connectivity index is 3.10. The van der Waals surface area contributed by atoms with E-state index in [4.69, 9.17) is 10.8 Å². The van der Waals surface area contributed by atoms with Gasteiger partial charge in [-0.25, -0.2) is 0 Å². The van der Waals surface area contributed by atoms with Gasteiger partial charge in [-0.05, 0) is 37.1 Å². The Morgan fingerprint density at radius 1 is 1.43 bits per heavy atom. The van der Waals surface area contributed by atoms with Gasteiger partial charge in [0.05, 0.1) is 0 Å². The minimum absolute atomic E-state index is 0.0892. The second-order valence-corrected chi connectivity index (χ2v) is 5.29. The van der Waals surface area contributed by atoms with Crippen molar-refractivity contribution >= 4 is 31.9 Å². The highest BCUT2D eigenvalue weighted by molar-refractivity contribution is 9.11. The van der Waals surface area contributed by atoms with Gasteiger partial charge < -0.3 is 10.8 Å². The number of rotatable bonds is 3. The fraction of sp³-hybridized carbons (Fsp3) is 0.400. The Morgan fingerprint density at radius 2 is 2.07 bits per heavy atom. The van der Waals surface area contributed by atoms with Crippen molar-refractivity contribution in [3.63, 3.8) is 0 Å². The van der Waals surface area contributed by atoms with E-state index in [0.717, 1.165) is 14.5 Å². The summed E-state index contributed by atoms with van der Waals surface area (Å²) in [5.74, 6) is 0. The van der Waals surface area contributed by atoms with Crippen LogP contribution in [-0.2, 0) is 5.54 Å². The standard InChI is InChI=1S/C10H13Br2NO/c1-10(13,4-5-14)8-6-7(11)2-3-9(8)12/h2-3,6,14H,4-5,13H2,1H3/t10-/m1/s1. The van der Waals surface area contributed by atoms with E-state index in [-0.39, 0.29) is 6.61 Å². The van der Waals surface area contributed by atoms with Crippen molar-refractivity contribution in [3.8, 4) is 0 Å². The zero-order valence-corrected chi connectivity index (χ0v) is 11.1. The van der Waals surface area contributed by atoms with Crippen molar-refractivity contribution in [1.29, 1.82) is 0 Å². The molecule has 3 N–H and O–H groups in total. The molecule has 4 heteroatoms. The van der Waals surface area contributed by atoms with Crippen LogP contribution in [0.15, 0.2) is 27.1 Å². The van der Waals surface area contributed by atoms with Crippen molar-refractivity contribution in [2.24, 2.45) is 5.73 Å². The van der Waals surface area contributed by atoms with Crippen LogP contribution in [-0.4, -0.2) is 11.7 Å². The highest BCUT2D eigenvalue weighted by Crippen LogP contribution is 2.31. The van der Waals surface area contributed by atoms with Gasteiger partial charge in [0.2, 0.25) is 0 Å². The molecular weight excluding hydrogens is 310 g/mol. The molecule has 1 rings (SSSR count). The normalized spacial score (nSPS) is 15.2. The molecule has 78 valence electrons. The van der Waals surface area contributed by atoms with E-state index in [1.807, 2.05) is 25.1 Å². The van der Waals surface area contributed by atoms with Crippen LogP contribution in [0, 0.1) is 0 Å². The summed E-state index contributed by atoms with van der Waals surface area (Å²) >= 11 is 6.85. The van der Waals surface area contributed by atoms with E-state index in [0.29, 0.717) is 6.42 Å². The quantitative estimate of drug-likeness (QED) is 0.899. The van der Waals surface area contributed by atoms with E-state index < -0.39 is 5.54 Å². The minimum Gasteiger partial charge on any atom is -0.396 e. The highest BCUT2D eigenvalue weighted by Gasteiger charge is 2.23. The molecule has 1 atom stereocenters. The Kier molecular flexibility index (Phi) is 4.13. The number of aliphatic hydroxyl groups excluding tert-OH is 1. The smallest absolute Gasteiger partial charge is 0.0451 e. The van der Waals surface area contributed by atoms with Gasteiger partial charge in [-0.3, -0.25) is 0 Å². The zero-order valence-electron chi connectivity index (χ0n) is 7.93. The summed E-state index contributed by atoms with van der Waals surface area (Å²) in [7, 11) is 0. The Labute approximate surface area is 101 Å². The molecule has 14 heavy (non-hydrogen) atoms. The minimum atomic E-state index is -0.503. The average Bonchev–Trinajstić information content (AvgIpc) is 2.09. The van der Waals surface area contributed by atoms with Gasteiger partial charge in [0.15, 0.2) is 0 Å². The molecule has 2 nitrogen and oxygen atoms in total. The molecule has 0 bridgehead atoms. The summed E-state index contributed by atoms with van der Waals surface area (Å²) in [6, 6.07) is 5.87. The number of hydrogen-bond acceptors (Lipinski definition) is 2. The van der Waals surface area contributed by atoms with Crippen LogP contribution in [0.5, 0.6) is 0 Å². The lowest BCUT2D eigenvalue weighted by Crippen LogP contribution is -2.34. The lowest BCUT2D eigenvalue weighted by atomic mass is 9.90. The second kappa shape index (κ2) is 4.75. The van der Waals surface area contributed by atoms with Gasteiger partial charge in [-0.1, -0.05) is 31.9 Å². The molecule has 1 aromatic rings. The molecule has 1 aromatic carbocycles. The first-order valence-electron chi connectivity index (χ1n) is 4.32. The van der Waals surface area contributed by atoms with Gasteiger partial charge in [-0.15, -0.1) is 0 Å². The molecule has 0 unspecified atom stereocenters. The molecule has 0 fully saturated rings. The monoisotopic (exact) mass is 321 g/mol. The third-order valence-electron chi connectivity index (χ3n) is 2.17. The Bertz CT molecular complexity index is 326. The van der Waals surface area contributed by atoms with Crippen LogP contribution in [0.4, 0.5) is 0 Å². The largest absolute Gasteiger partial charge is 0.396 e. The van der Waals surface area contributed by atoms with E-state index in [1.165, 1.54) is 0 Å². The Hall–Kier alpha value is 0.1000. The number of halogens is 2. The van der Waals surface area contributed by atoms with Crippen LogP contribution in [0.2, 0.25) is 0 Å². The highest BCUT2D eigenvalue weighted by atomic mass is 79.9. The van der Waals surface area contributed by atoms with Crippen LogP contribution in [0.3, 0.4) is 0 Å². The molecule has 0 aromatic heterocycles. The first-order valence-corrected chi connectivity index (χ1v) is 5.91. The van der Waals surface area contributed by atoms with Gasteiger partial charge in [0.25, 0.3) is 0 Å². The summed E-state index contributed by atoms with van der Waals surface area (Å²) in [6.07, 6.45) is 0.544. The van der Waals surface area contributed by atoms with Crippen LogP contribution < -0.4 is 5.73 Å². The first-order chi connectivity index (χ1) is 6.47.